The molecule has 22 heavy (non-hydrogen) atoms. The van der Waals surface area contributed by atoms with Crippen molar-refractivity contribution in [3.63, 3.8) is 0 Å². The number of nitrogens with zero attached hydrogens (tertiary/aromatic N) is 2. The van der Waals surface area contributed by atoms with Crippen LogP contribution in [-0.2, 0) is 4.52 Å². The minimum absolute atomic E-state index is 0.161. The Balaban J connectivity index is 3.05. The molecular weight excluding hydrogens is 307 g/mol. The molecule has 0 saturated heterocycles. The van der Waals surface area contributed by atoms with Crippen LogP contribution < -0.4 is 4.74 Å². The zero-order valence-electron chi connectivity index (χ0n) is 12.6. The molecule has 2 unspecified atom stereocenters. The number of allylic oxidation sites excluding steroid dienone is 1. The van der Waals surface area contributed by atoms with Crippen molar-refractivity contribution in [3.8, 4) is 5.75 Å². The monoisotopic (exact) mass is 326 g/mol. The van der Waals surface area contributed by atoms with Gasteiger partial charge in [0.1, 0.15) is 11.2 Å². The first-order chi connectivity index (χ1) is 10.5. The third kappa shape index (κ3) is 5.09. The molecule has 2 atom stereocenters. The van der Waals surface area contributed by atoms with E-state index in [1.165, 1.54) is 13.2 Å². The van der Waals surface area contributed by atoms with Gasteiger partial charge in [0.15, 0.2) is 0 Å². The van der Waals surface area contributed by atoms with Crippen LogP contribution in [0.25, 0.3) is 0 Å². The number of oxime groups is 1. The van der Waals surface area contributed by atoms with Crippen molar-refractivity contribution in [2.75, 3.05) is 13.7 Å². The van der Waals surface area contributed by atoms with Crippen LogP contribution in [0, 0.1) is 10.1 Å². The molecular formula is C14H19N2O5P. The summed E-state index contributed by atoms with van der Waals surface area (Å²) in [4.78, 5) is 11.0. The second-order valence-electron chi connectivity index (χ2n) is 4.37. The van der Waals surface area contributed by atoms with Crippen LogP contribution in [0.4, 0.5) is 0 Å². The molecule has 0 heterocycles. The van der Waals surface area contributed by atoms with Crippen LogP contribution in [-0.4, -0.2) is 29.3 Å². The van der Waals surface area contributed by atoms with Gasteiger partial charge in [-0.1, -0.05) is 5.16 Å². The Morgan fingerprint density at radius 2 is 2.14 bits per heavy atom. The lowest BCUT2D eigenvalue weighted by Gasteiger charge is -2.11. The van der Waals surface area contributed by atoms with Crippen molar-refractivity contribution >= 4 is 14.3 Å². The molecule has 0 aromatic heterocycles. The number of methoxy groups -OCH3 is 1. The van der Waals surface area contributed by atoms with Crippen LogP contribution in [0.15, 0.2) is 41.1 Å². The summed E-state index contributed by atoms with van der Waals surface area (Å²) >= 11 is 0. The molecule has 1 rings (SSSR count). The third-order valence-electron chi connectivity index (χ3n) is 2.87. The second-order valence-corrected chi connectivity index (χ2v) is 5.37. The summed E-state index contributed by atoms with van der Waals surface area (Å²) in [5.74, 6) is 0.628. The van der Waals surface area contributed by atoms with E-state index in [0.717, 1.165) is 0 Å². The van der Waals surface area contributed by atoms with Gasteiger partial charge in [-0.2, -0.15) is 0 Å². The second kappa shape index (κ2) is 9.12. The van der Waals surface area contributed by atoms with Crippen molar-refractivity contribution < 1.29 is 19.4 Å². The fourth-order valence-corrected chi connectivity index (χ4v) is 2.48. The number of hydrogen-bond donors (Lipinski definition) is 1. The predicted molar refractivity (Wildman–Crippen MR) is 85.6 cm³/mol. The Morgan fingerprint density at radius 3 is 2.59 bits per heavy atom. The molecule has 8 heteroatoms. The van der Waals surface area contributed by atoms with E-state index in [9.17, 15) is 10.1 Å². The lowest BCUT2D eigenvalue weighted by atomic mass is 10.0. The first-order valence-corrected chi connectivity index (χ1v) is 7.49. The Hall–Kier alpha value is -1.98. The normalized spacial score (nSPS) is 14.3. The number of rotatable bonds is 8. The van der Waals surface area contributed by atoms with E-state index in [2.05, 4.69) is 5.16 Å². The lowest BCUT2D eigenvalue weighted by molar-refractivity contribution is -0.518. The van der Waals surface area contributed by atoms with Gasteiger partial charge in [0.2, 0.25) is 0 Å². The molecule has 1 aromatic carbocycles. The standard InChI is InChI=1S/C14H19N2O5P/c1-4-21-22-13(15-17)9-10(2)14(16(18)19)11-5-7-12(20-3)8-6-11/h5-9,14,17,22H,4H2,1-3H3/b10-9+,15-13-. The average Bonchev–Trinajstić information content (AvgIpc) is 2.51. The average molecular weight is 326 g/mol. The van der Waals surface area contributed by atoms with Gasteiger partial charge in [0, 0.05) is 22.7 Å². The number of benzene rings is 1. The van der Waals surface area contributed by atoms with Gasteiger partial charge in [-0.25, -0.2) is 0 Å². The van der Waals surface area contributed by atoms with Crippen molar-refractivity contribution in [2.24, 2.45) is 5.16 Å². The molecule has 0 aliphatic carbocycles. The maximum Gasteiger partial charge on any atom is 0.259 e. The largest absolute Gasteiger partial charge is 0.497 e. The molecule has 120 valence electrons. The van der Waals surface area contributed by atoms with Gasteiger partial charge in [-0.05, 0) is 44.2 Å². The van der Waals surface area contributed by atoms with Crippen molar-refractivity contribution in [3.05, 3.63) is 51.6 Å². The minimum Gasteiger partial charge on any atom is -0.497 e. The van der Waals surface area contributed by atoms with E-state index in [1.54, 1.807) is 31.2 Å². The van der Waals surface area contributed by atoms with E-state index in [1.807, 2.05) is 6.92 Å². The number of ether oxygens (including phenoxy) is 1. The quantitative estimate of drug-likeness (QED) is 0.260. The first-order valence-electron chi connectivity index (χ1n) is 6.59. The molecule has 0 saturated carbocycles. The highest BCUT2D eigenvalue weighted by molar-refractivity contribution is 7.54. The SMILES string of the molecule is CCOPC(/C=C(\C)C(c1ccc(OC)cc1)[N+](=O)[O-])=N\O. The van der Waals surface area contributed by atoms with Crippen LogP contribution in [0.5, 0.6) is 5.75 Å². The van der Waals surface area contributed by atoms with Crippen LogP contribution in [0.1, 0.15) is 25.5 Å². The summed E-state index contributed by atoms with van der Waals surface area (Å²) in [5, 5.41) is 23.4. The molecule has 1 N–H and O–H groups in total. The van der Waals surface area contributed by atoms with Gasteiger partial charge in [0.25, 0.3) is 6.04 Å². The van der Waals surface area contributed by atoms with Gasteiger partial charge in [-0.3, -0.25) is 10.1 Å². The van der Waals surface area contributed by atoms with Gasteiger partial charge >= 0.3 is 0 Å². The highest BCUT2D eigenvalue weighted by Crippen LogP contribution is 2.28. The van der Waals surface area contributed by atoms with Crippen molar-refractivity contribution in [1.29, 1.82) is 0 Å². The molecule has 7 nitrogen and oxygen atoms in total. The maximum atomic E-state index is 11.4. The maximum absolute atomic E-state index is 11.4. The molecule has 0 bridgehead atoms. The fourth-order valence-electron chi connectivity index (χ4n) is 1.86. The predicted octanol–water partition coefficient (Wildman–Crippen LogP) is 3.38. The van der Waals surface area contributed by atoms with E-state index < -0.39 is 6.04 Å². The van der Waals surface area contributed by atoms with Gasteiger partial charge < -0.3 is 14.5 Å². The highest BCUT2D eigenvalue weighted by Gasteiger charge is 2.25. The molecule has 0 aliphatic heterocycles. The Labute approximate surface area is 130 Å². The highest BCUT2D eigenvalue weighted by atomic mass is 31.1. The topological polar surface area (TPSA) is 94.2 Å². The fraction of sp³-hybridized carbons (Fsp3) is 0.357. The molecule has 0 spiro atoms. The Bertz CT molecular complexity index is 557. The van der Waals surface area contributed by atoms with Crippen molar-refractivity contribution in [2.45, 2.75) is 19.9 Å². The van der Waals surface area contributed by atoms with Crippen LogP contribution >= 0.6 is 8.81 Å². The lowest BCUT2D eigenvalue weighted by Crippen LogP contribution is -2.12. The molecule has 0 aliphatic rings. The van der Waals surface area contributed by atoms with E-state index in [0.29, 0.717) is 23.5 Å². The number of hydrogen-bond acceptors (Lipinski definition) is 6. The van der Waals surface area contributed by atoms with Crippen LogP contribution in [0.2, 0.25) is 0 Å². The zero-order valence-corrected chi connectivity index (χ0v) is 13.6. The molecule has 0 radical (unpaired) electrons. The summed E-state index contributed by atoms with van der Waals surface area (Å²) in [6.45, 7) is 3.91. The zero-order chi connectivity index (χ0) is 16.5. The van der Waals surface area contributed by atoms with Gasteiger partial charge in [0.05, 0.1) is 15.9 Å². The van der Waals surface area contributed by atoms with E-state index in [-0.39, 0.29) is 19.2 Å². The summed E-state index contributed by atoms with van der Waals surface area (Å²) in [6, 6.07) is 5.60. The molecule has 0 fully saturated rings. The van der Waals surface area contributed by atoms with Crippen molar-refractivity contribution in [1.82, 2.24) is 0 Å². The summed E-state index contributed by atoms with van der Waals surface area (Å²) < 4.78 is 10.2. The van der Waals surface area contributed by atoms with Gasteiger partial charge in [-0.15, -0.1) is 0 Å². The smallest absolute Gasteiger partial charge is 0.259 e. The Kier molecular flexibility index (Phi) is 7.49. The third-order valence-corrected chi connectivity index (χ3v) is 3.75. The van der Waals surface area contributed by atoms with E-state index in [4.69, 9.17) is 14.5 Å². The summed E-state index contributed by atoms with van der Waals surface area (Å²) in [5.41, 5.74) is 1.24. The summed E-state index contributed by atoms with van der Waals surface area (Å²) in [7, 11) is 1.37. The van der Waals surface area contributed by atoms with E-state index >= 15 is 0 Å². The molecule has 0 amide bonds. The summed E-state index contributed by atoms with van der Waals surface area (Å²) in [6.07, 6.45) is 1.48. The Morgan fingerprint density at radius 1 is 1.50 bits per heavy atom. The first kappa shape index (κ1) is 18.1. The van der Waals surface area contributed by atoms with Crippen LogP contribution in [0.3, 0.4) is 0 Å². The molecule has 1 aromatic rings. The minimum atomic E-state index is -1.02. The number of nitro groups is 1.